The SMILES string of the molecule is Oc1cc(F)c(C2CCNC2)c(Br)c1O. The molecule has 0 aliphatic carbocycles. The maximum absolute atomic E-state index is 13.6. The first-order valence-electron chi connectivity index (χ1n) is 4.71. The molecule has 1 aliphatic heterocycles. The quantitative estimate of drug-likeness (QED) is 0.688. The van der Waals surface area contributed by atoms with Gasteiger partial charge in [-0.25, -0.2) is 4.39 Å². The zero-order valence-electron chi connectivity index (χ0n) is 7.93. The van der Waals surface area contributed by atoms with Crippen LogP contribution >= 0.6 is 15.9 Å². The molecule has 1 atom stereocenters. The monoisotopic (exact) mass is 275 g/mol. The smallest absolute Gasteiger partial charge is 0.172 e. The highest BCUT2D eigenvalue weighted by molar-refractivity contribution is 9.10. The van der Waals surface area contributed by atoms with Crippen molar-refractivity contribution in [3.63, 3.8) is 0 Å². The van der Waals surface area contributed by atoms with Gasteiger partial charge in [0.1, 0.15) is 5.82 Å². The highest BCUT2D eigenvalue weighted by atomic mass is 79.9. The van der Waals surface area contributed by atoms with Crippen LogP contribution in [0.1, 0.15) is 17.9 Å². The Morgan fingerprint density at radius 1 is 1.47 bits per heavy atom. The number of aromatic hydroxyl groups is 2. The molecule has 1 aliphatic rings. The minimum atomic E-state index is -0.481. The summed E-state index contributed by atoms with van der Waals surface area (Å²) in [6.07, 6.45) is 0.833. The standard InChI is InChI=1S/C10H11BrFNO2/c11-9-8(5-1-2-13-4-5)6(12)3-7(14)10(9)15/h3,5,13-15H,1-2,4H2. The van der Waals surface area contributed by atoms with Crippen LogP contribution in [0.15, 0.2) is 10.5 Å². The van der Waals surface area contributed by atoms with Gasteiger partial charge in [0, 0.05) is 24.1 Å². The van der Waals surface area contributed by atoms with Crippen molar-refractivity contribution in [1.82, 2.24) is 5.32 Å². The van der Waals surface area contributed by atoms with Crippen LogP contribution in [0, 0.1) is 5.82 Å². The molecule has 3 nitrogen and oxygen atoms in total. The second kappa shape index (κ2) is 3.98. The fourth-order valence-electron chi connectivity index (χ4n) is 1.89. The molecule has 1 unspecified atom stereocenters. The fourth-order valence-corrected chi connectivity index (χ4v) is 2.60. The van der Waals surface area contributed by atoms with Crippen LogP contribution in [0.25, 0.3) is 0 Å². The van der Waals surface area contributed by atoms with E-state index in [1.54, 1.807) is 0 Å². The van der Waals surface area contributed by atoms with Gasteiger partial charge < -0.3 is 15.5 Å². The maximum atomic E-state index is 13.6. The molecule has 1 aromatic carbocycles. The molecule has 1 heterocycles. The molecule has 0 aromatic heterocycles. The third kappa shape index (κ3) is 1.81. The number of rotatable bonds is 1. The molecule has 1 saturated heterocycles. The van der Waals surface area contributed by atoms with Gasteiger partial charge in [0.05, 0.1) is 4.47 Å². The second-order valence-corrected chi connectivity index (χ2v) is 4.44. The van der Waals surface area contributed by atoms with E-state index < -0.39 is 11.6 Å². The Morgan fingerprint density at radius 2 is 2.20 bits per heavy atom. The maximum Gasteiger partial charge on any atom is 0.172 e. The Bertz CT molecular complexity index is 391. The predicted molar refractivity (Wildman–Crippen MR) is 57.7 cm³/mol. The zero-order chi connectivity index (χ0) is 11.0. The largest absolute Gasteiger partial charge is 0.504 e. The molecule has 3 N–H and O–H groups in total. The van der Waals surface area contributed by atoms with Gasteiger partial charge in [0.15, 0.2) is 11.5 Å². The number of phenols is 2. The Kier molecular flexibility index (Phi) is 2.84. The van der Waals surface area contributed by atoms with Crippen LogP contribution in [0.3, 0.4) is 0 Å². The van der Waals surface area contributed by atoms with Crippen LogP contribution in [0.5, 0.6) is 11.5 Å². The van der Waals surface area contributed by atoms with Crippen LogP contribution in [0.2, 0.25) is 0 Å². The number of hydrogen-bond acceptors (Lipinski definition) is 3. The Balaban J connectivity index is 2.50. The van der Waals surface area contributed by atoms with Gasteiger partial charge in [0.25, 0.3) is 0 Å². The summed E-state index contributed by atoms with van der Waals surface area (Å²) in [5.41, 5.74) is 0.440. The minimum absolute atomic E-state index is 0.0471. The van der Waals surface area contributed by atoms with E-state index in [0.29, 0.717) is 12.1 Å². The summed E-state index contributed by atoms with van der Waals surface area (Å²) in [6, 6.07) is 0.952. The molecule has 0 bridgehead atoms. The summed E-state index contributed by atoms with van der Waals surface area (Å²) in [5.74, 6) is -1.16. The number of benzene rings is 1. The summed E-state index contributed by atoms with van der Waals surface area (Å²) < 4.78 is 13.9. The van der Waals surface area contributed by atoms with Gasteiger partial charge in [-0.05, 0) is 28.9 Å². The Morgan fingerprint density at radius 3 is 2.80 bits per heavy atom. The van der Waals surface area contributed by atoms with E-state index in [-0.39, 0.29) is 16.1 Å². The number of halogens is 2. The van der Waals surface area contributed by atoms with E-state index in [4.69, 9.17) is 0 Å². The lowest BCUT2D eigenvalue weighted by molar-refractivity contribution is 0.394. The third-order valence-electron chi connectivity index (χ3n) is 2.68. The Labute approximate surface area is 95.1 Å². The number of phenolic OH excluding ortho intramolecular Hbond substituents is 2. The molecule has 0 spiro atoms. The van der Waals surface area contributed by atoms with Crippen molar-refractivity contribution in [3.8, 4) is 11.5 Å². The summed E-state index contributed by atoms with van der Waals surface area (Å²) in [4.78, 5) is 0. The summed E-state index contributed by atoms with van der Waals surface area (Å²) in [7, 11) is 0. The van der Waals surface area contributed by atoms with Crippen LogP contribution in [0.4, 0.5) is 4.39 Å². The molecular formula is C10H11BrFNO2. The minimum Gasteiger partial charge on any atom is -0.504 e. The van der Waals surface area contributed by atoms with Gasteiger partial charge in [-0.1, -0.05) is 0 Å². The normalized spacial score (nSPS) is 20.8. The van der Waals surface area contributed by atoms with Crippen molar-refractivity contribution in [2.75, 3.05) is 13.1 Å². The average molecular weight is 276 g/mol. The molecule has 82 valence electrons. The molecule has 0 radical (unpaired) electrons. The zero-order valence-corrected chi connectivity index (χ0v) is 9.51. The van der Waals surface area contributed by atoms with Crippen LogP contribution in [-0.2, 0) is 0 Å². The van der Waals surface area contributed by atoms with Crippen molar-refractivity contribution in [1.29, 1.82) is 0 Å². The van der Waals surface area contributed by atoms with Crippen molar-refractivity contribution in [3.05, 3.63) is 21.9 Å². The first-order chi connectivity index (χ1) is 7.11. The van der Waals surface area contributed by atoms with Crippen molar-refractivity contribution < 1.29 is 14.6 Å². The lowest BCUT2D eigenvalue weighted by Gasteiger charge is -2.14. The lowest BCUT2D eigenvalue weighted by atomic mass is 9.97. The Hall–Kier alpha value is -0.810. The molecule has 0 amide bonds. The van der Waals surface area contributed by atoms with Gasteiger partial charge in [0.2, 0.25) is 0 Å². The molecule has 2 rings (SSSR count). The first-order valence-corrected chi connectivity index (χ1v) is 5.51. The van der Waals surface area contributed by atoms with Crippen molar-refractivity contribution in [2.45, 2.75) is 12.3 Å². The van der Waals surface area contributed by atoms with E-state index in [1.807, 2.05) is 0 Å². The molecule has 15 heavy (non-hydrogen) atoms. The van der Waals surface area contributed by atoms with E-state index in [1.165, 1.54) is 0 Å². The number of hydrogen-bond donors (Lipinski definition) is 3. The molecule has 5 heteroatoms. The lowest BCUT2D eigenvalue weighted by Crippen LogP contribution is -2.09. The first kappa shape index (κ1) is 10.7. The van der Waals surface area contributed by atoms with E-state index in [2.05, 4.69) is 21.2 Å². The summed E-state index contributed by atoms with van der Waals surface area (Å²) in [5, 5.41) is 21.8. The van der Waals surface area contributed by atoms with Crippen molar-refractivity contribution >= 4 is 15.9 Å². The number of nitrogens with one attached hydrogen (secondary N) is 1. The highest BCUT2D eigenvalue weighted by Gasteiger charge is 2.25. The highest BCUT2D eigenvalue weighted by Crippen LogP contribution is 2.42. The van der Waals surface area contributed by atoms with Crippen molar-refractivity contribution in [2.24, 2.45) is 0 Å². The molecular weight excluding hydrogens is 265 g/mol. The summed E-state index contributed by atoms with van der Waals surface area (Å²) >= 11 is 3.11. The van der Waals surface area contributed by atoms with E-state index >= 15 is 0 Å². The van der Waals surface area contributed by atoms with E-state index in [0.717, 1.165) is 19.0 Å². The fraction of sp³-hybridized carbons (Fsp3) is 0.400. The van der Waals surface area contributed by atoms with Gasteiger partial charge in [-0.3, -0.25) is 0 Å². The average Bonchev–Trinajstić information content (AvgIpc) is 2.68. The third-order valence-corrected chi connectivity index (χ3v) is 3.48. The predicted octanol–water partition coefficient (Wildman–Crippen LogP) is 2.08. The molecule has 1 aromatic rings. The second-order valence-electron chi connectivity index (χ2n) is 3.64. The molecule has 1 fully saturated rings. The van der Waals surface area contributed by atoms with Gasteiger partial charge in [-0.2, -0.15) is 0 Å². The topological polar surface area (TPSA) is 52.5 Å². The summed E-state index contributed by atoms with van der Waals surface area (Å²) in [6.45, 7) is 1.54. The van der Waals surface area contributed by atoms with Crippen LogP contribution in [-0.4, -0.2) is 23.3 Å². The van der Waals surface area contributed by atoms with Gasteiger partial charge in [-0.15, -0.1) is 0 Å². The van der Waals surface area contributed by atoms with Gasteiger partial charge >= 0.3 is 0 Å². The van der Waals surface area contributed by atoms with Crippen LogP contribution < -0.4 is 5.32 Å². The molecule has 0 saturated carbocycles. The van der Waals surface area contributed by atoms with E-state index in [9.17, 15) is 14.6 Å².